The van der Waals surface area contributed by atoms with E-state index in [4.69, 9.17) is 30.2 Å². The van der Waals surface area contributed by atoms with Crippen LogP contribution >= 0.6 is 11.6 Å². The fourth-order valence-electron chi connectivity index (χ4n) is 3.37. The number of nitrogens with one attached hydrogen (secondary N) is 1. The van der Waals surface area contributed by atoms with Crippen molar-refractivity contribution < 1.29 is 27.8 Å². The van der Waals surface area contributed by atoms with Crippen molar-refractivity contribution in [3.63, 3.8) is 0 Å². The molecule has 0 amide bonds. The van der Waals surface area contributed by atoms with E-state index in [-0.39, 0.29) is 30.1 Å². The first-order valence-corrected chi connectivity index (χ1v) is 15.3. The van der Waals surface area contributed by atoms with Gasteiger partial charge in [0.15, 0.2) is 8.32 Å². The summed E-state index contributed by atoms with van der Waals surface area (Å²) in [6.07, 6.45) is 0.388. The molecule has 0 fully saturated rings. The van der Waals surface area contributed by atoms with Crippen molar-refractivity contribution in [3.8, 4) is 11.5 Å². The maximum Gasteiger partial charge on any atom is 0.308 e. The van der Waals surface area contributed by atoms with E-state index in [0.29, 0.717) is 30.3 Å². The average Bonchev–Trinajstić information content (AvgIpc) is 2.80. The van der Waals surface area contributed by atoms with E-state index < -0.39 is 14.1 Å². The molecule has 1 atom stereocenters. The molecule has 0 spiro atoms. The van der Waals surface area contributed by atoms with Crippen LogP contribution in [0.15, 0.2) is 36.4 Å². The molecule has 0 radical (unpaired) electrons. The number of carbonyl (C=O) groups excluding carboxylic acids is 1. The highest BCUT2D eigenvalue weighted by Gasteiger charge is 2.39. The SMILES string of the molecule is COC(=O)C[C@@H](CNCCc1cc(F)cc(Cl)c1COc1ccc(OC)cc1)O[Si](C)(C)C(C)(C)C. The molecule has 9 heteroatoms. The number of rotatable bonds is 13. The monoisotopic (exact) mass is 539 g/mol. The fraction of sp³-hybridized carbons (Fsp3) is 0.519. The van der Waals surface area contributed by atoms with Crippen molar-refractivity contribution in [2.24, 2.45) is 0 Å². The molecular formula is C27H39ClFNO5Si. The smallest absolute Gasteiger partial charge is 0.308 e. The Morgan fingerprint density at radius 3 is 2.33 bits per heavy atom. The van der Waals surface area contributed by atoms with Crippen molar-refractivity contribution in [1.29, 1.82) is 0 Å². The normalized spacial score (nSPS) is 12.8. The molecular weight excluding hydrogens is 501 g/mol. The third kappa shape index (κ3) is 9.07. The second kappa shape index (κ2) is 13.4. The van der Waals surface area contributed by atoms with Crippen LogP contribution in [0.3, 0.4) is 0 Å². The Kier molecular flexibility index (Phi) is 11.2. The minimum Gasteiger partial charge on any atom is -0.497 e. The molecule has 0 aliphatic rings. The van der Waals surface area contributed by atoms with Crippen LogP contribution in [0.2, 0.25) is 23.2 Å². The van der Waals surface area contributed by atoms with E-state index in [1.807, 2.05) is 12.1 Å². The molecule has 0 aliphatic carbocycles. The van der Waals surface area contributed by atoms with Gasteiger partial charge in [0.2, 0.25) is 0 Å². The zero-order valence-electron chi connectivity index (χ0n) is 22.4. The van der Waals surface area contributed by atoms with Crippen LogP contribution in [-0.2, 0) is 27.0 Å². The van der Waals surface area contributed by atoms with Crippen molar-refractivity contribution in [3.05, 3.63) is 58.4 Å². The van der Waals surface area contributed by atoms with E-state index in [0.717, 1.165) is 16.9 Å². The molecule has 2 aromatic carbocycles. The molecule has 6 nitrogen and oxygen atoms in total. The van der Waals surface area contributed by atoms with Gasteiger partial charge >= 0.3 is 5.97 Å². The van der Waals surface area contributed by atoms with Gasteiger partial charge < -0.3 is 24.0 Å². The highest BCUT2D eigenvalue weighted by atomic mass is 35.5. The number of ether oxygens (including phenoxy) is 3. The van der Waals surface area contributed by atoms with Crippen molar-refractivity contribution in [1.82, 2.24) is 5.32 Å². The maximum absolute atomic E-state index is 14.1. The lowest BCUT2D eigenvalue weighted by Gasteiger charge is -2.39. The van der Waals surface area contributed by atoms with Gasteiger partial charge in [0, 0.05) is 12.1 Å². The third-order valence-electron chi connectivity index (χ3n) is 6.53. The largest absolute Gasteiger partial charge is 0.497 e. The minimum absolute atomic E-state index is 0.0124. The number of methoxy groups -OCH3 is 2. The summed E-state index contributed by atoms with van der Waals surface area (Å²) in [6.45, 7) is 12.0. The second-order valence-corrected chi connectivity index (χ2v) is 15.4. The molecule has 0 saturated heterocycles. The standard InChI is InChI=1S/C27H39ClFNO5Si/c1-27(2,3)36(6,7)35-23(16-26(31)33-5)17-30-13-12-19-14-20(29)15-25(28)24(19)18-34-22-10-8-21(32-4)9-11-22/h8-11,14-15,23,30H,12-13,16-18H2,1-7H3/t23-/m0/s1. The topological polar surface area (TPSA) is 66.0 Å². The Hall–Kier alpha value is -2.13. The van der Waals surface area contributed by atoms with Crippen LogP contribution in [0.25, 0.3) is 0 Å². The van der Waals surface area contributed by atoms with E-state index >= 15 is 0 Å². The van der Waals surface area contributed by atoms with Crippen LogP contribution in [0.4, 0.5) is 4.39 Å². The van der Waals surface area contributed by atoms with E-state index in [2.05, 4.69) is 39.2 Å². The van der Waals surface area contributed by atoms with Gasteiger partial charge in [-0.05, 0) is 73.1 Å². The summed E-state index contributed by atoms with van der Waals surface area (Å²) in [6, 6.07) is 10.0. The first kappa shape index (κ1) is 30.1. The summed E-state index contributed by atoms with van der Waals surface area (Å²) < 4.78 is 36.5. The first-order valence-electron chi connectivity index (χ1n) is 12.0. The van der Waals surface area contributed by atoms with E-state index in [9.17, 15) is 9.18 Å². The Morgan fingerprint density at radius 1 is 1.11 bits per heavy atom. The fourth-order valence-corrected chi connectivity index (χ4v) is 5.01. The van der Waals surface area contributed by atoms with Crippen LogP contribution in [0, 0.1) is 5.82 Å². The molecule has 0 saturated carbocycles. The molecule has 2 rings (SSSR count). The van der Waals surface area contributed by atoms with Crippen molar-refractivity contribution in [2.75, 3.05) is 27.3 Å². The predicted molar refractivity (Wildman–Crippen MR) is 144 cm³/mol. The lowest BCUT2D eigenvalue weighted by molar-refractivity contribution is -0.142. The third-order valence-corrected chi connectivity index (χ3v) is 11.4. The molecule has 0 aromatic heterocycles. The van der Waals surface area contributed by atoms with E-state index in [1.54, 1.807) is 19.2 Å². The van der Waals surface area contributed by atoms with Crippen LogP contribution < -0.4 is 14.8 Å². The number of esters is 1. The highest BCUT2D eigenvalue weighted by Crippen LogP contribution is 2.37. The van der Waals surface area contributed by atoms with Gasteiger partial charge in [-0.2, -0.15) is 0 Å². The van der Waals surface area contributed by atoms with Gasteiger partial charge in [-0.25, -0.2) is 4.39 Å². The molecule has 0 aliphatic heterocycles. The van der Waals surface area contributed by atoms with Gasteiger partial charge in [-0.1, -0.05) is 32.4 Å². The Bertz CT molecular complexity index is 995. The zero-order valence-corrected chi connectivity index (χ0v) is 24.1. The Labute approximate surface area is 220 Å². The summed E-state index contributed by atoms with van der Waals surface area (Å²) in [5.41, 5.74) is 1.50. The summed E-state index contributed by atoms with van der Waals surface area (Å²) in [5, 5.41) is 3.69. The van der Waals surface area contributed by atoms with Gasteiger partial charge in [0.25, 0.3) is 0 Å². The number of halogens is 2. The number of hydrogen-bond acceptors (Lipinski definition) is 6. The number of carbonyl (C=O) groups is 1. The molecule has 200 valence electrons. The van der Waals surface area contributed by atoms with Gasteiger partial charge in [-0.3, -0.25) is 4.79 Å². The molecule has 0 heterocycles. The average molecular weight is 540 g/mol. The Morgan fingerprint density at radius 2 is 1.75 bits per heavy atom. The van der Waals surface area contributed by atoms with Crippen LogP contribution in [0.1, 0.15) is 38.3 Å². The van der Waals surface area contributed by atoms with Crippen LogP contribution in [0.5, 0.6) is 11.5 Å². The molecule has 2 aromatic rings. The maximum atomic E-state index is 14.1. The van der Waals surface area contributed by atoms with Crippen LogP contribution in [-0.4, -0.2) is 47.7 Å². The lowest BCUT2D eigenvalue weighted by Crippen LogP contribution is -2.47. The second-order valence-electron chi connectivity index (χ2n) is 10.2. The summed E-state index contributed by atoms with van der Waals surface area (Å²) in [5.74, 6) is 0.689. The summed E-state index contributed by atoms with van der Waals surface area (Å²) in [4.78, 5) is 12.0. The molecule has 36 heavy (non-hydrogen) atoms. The Balaban J connectivity index is 2.03. The molecule has 0 bridgehead atoms. The van der Waals surface area contributed by atoms with Crippen molar-refractivity contribution in [2.45, 2.75) is 64.5 Å². The van der Waals surface area contributed by atoms with Gasteiger partial charge in [-0.15, -0.1) is 0 Å². The zero-order chi connectivity index (χ0) is 26.9. The van der Waals surface area contributed by atoms with Gasteiger partial charge in [0.05, 0.1) is 31.8 Å². The summed E-state index contributed by atoms with van der Waals surface area (Å²) >= 11 is 6.37. The highest BCUT2D eigenvalue weighted by molar-refractivity contribution is 6.74. The summed E-state index contributed by atoms with van der Waals surface area (Å²) in [7, 11) is 0.896. The van der Waals surface area contributed by atoms with Gasteiger partial charge in [0.1, 0.15) is 23.9 Å². The first-order chi connectivity index (χ1) is 16.9. The van der Waals surface area contributed by atoms with Crippen molar-refractivity contribution >= 4 is 25.9 Å². The van der Waals surface area contributed by atoms with E-state index in [1.165, 1.54) is 19.2 Å². The molecule has 1 N–H and O–H groups in total. The number of benzene rings is 2. The lowest BCUT2D eigenvalue weighted by atomic mass is 10.0. The predicted octanol–water partition coefficient (Wildman–Crippen LogP) is 6.15. The molecule has 0 unspecified atom stereocenters. The quantitative estimate of drug-likeness (QED) is 0.187. The number of hydrogen-bond donors (Lipinski definition) is 1. The minimum atomic E-state index is -2.08.